The largest absolute Gasteiger partial charge is 0.444 e. The number of halogens is 1. The Hall–Kier alpha value is -3.19. The molecule has 3 heterocycles. The number of nitrogens with one attached hydrogen (secondary N) is 1. The number of ether oxygens (including phenoxy) is 1. The molecule has 0 radical (unpaired) electrons. The Morgan fingerprint density at radius 1 is 1.12 bits per heavy atom. The molecule has 10 heteroatoms. The summed E-state index contributed by atoms with van der Waals surface area (Å²) in [4.78, 5) is 46.5. The molecule has 1 aromatic rings. The van der Waals surface area contributed by atoms with E-state index in [9.17, 15) is 24.0 Å². The van der Waals surface area contributed by atoms with Gasteiger partial charge in [0.1, 0.15) is 23.5 Å². The molecule has 3 aliphatic heterocycles. The van der Waals surface area contributed by atoms with Crippen molar-refractivity contribution in [3.05, 3.63) is 35.6 Å². The third kappa shape index (κ3) is 5.60. The summed E-state index contributed by atoms with van der Waals surface area (Å²) in [7, 11) is 0. The Morgan fingerprint density at radius 3 is 2.48 bits per heavy atom. The first-order valence-corrected chi connectivity index (χ1v) is 15.6. The van der Waals surface area contributed by atoms with Gasteiger partial charge in [-0.1, -0.05) is 31.4 Å². The monoisotopic (exact) mass is 579 g/mol. The van der Waals surface area contributed by atoms with Gasteiger partial charge in [-0.2, -0.15) is 5.26 Å². The molecule has 7 atom stereocenters. The van der Waals surface area contributed by atoms with Gasteiger partial charge in [-0.25, -0.2) is 9.18 Å². The van der Waals surface area contributed by atoms with Gasteiger partial charge in [-0.15, -0.1) is 0 Å². The van der Waals surface area contributed by atoms with Crippen molar-refractivity contribution in [2.24, 2.45) is 11.8 Å². The maximum atomic E-state index is 14.0. The van der Waals surface area contributed by atoms with Gasteiger partial charge in [0, 0.05) is 25.2 Å². The number of carbonyl (C=O) groups excluding carboxylic acids is 3. The first kappa shape index (κ1) is 28.9. The number of nitriles is 1. The van der Waals surface area contributed by atoms with Gasteiger partial charge in [-0.05, 0) is 82.4 Å². The maximum Gasteiger partial charge on any atom is 0.408 e. The number of piperazine rings is 1. The predicted molar refractivity (Wildman–Crippen MR) is 152 cm³/mol. The number of piperidine rings is 1. The molecule has 9 nitrogen and oxygen atoms in total. The minimum Gasteiger partial charge on any atom is -0.444 e. The Labute approximate surface area is 247 Å². The Morgan fingerprint density at radius 2 is 1.83 bits per heavy atom. The molecule has 2 bridgehead atoms. The van der Waals surface area contributed by atoms with Crippen molar-refractivity contribution >= 4 is 17.9 Å². The smallest absolute Gasteiger partial charge is 0.408 e. The number of alkyl carbamates (subject to hydrolysis) is 1. The summed E-state index contributed by atoms with van der Waals surface area (Å²) >= 11 is 0. The van der Waals surface area contributed by atoms with Crippen LogP contribution in [0.3, 0.4) is 0 Å². The number of hydrogen-bond donors (Lipinski definition) is 1. The molecule has 6 rings (SSSR count). The SMILES string of the molecule is CC(C)(C)OC(=O)NC(CN1C[C@@H]2CC1C(=O)N2C(c1ccc(F)cc1)C1CCCCC1)C(=O)N1C(C#N)C[C@@H]2C[C@@H]21. The van der Waals surface area contributed by atoms with E-state index in [-0.39, 0.29) is 42.3 Å². The molecule has 1 N–H and O–H groups in total. The second-order valence-corrected chi connectivity index (χ2v) is 13.9. The molecule has 42 heavy (non-hydrogen) atoms. The van der Waals surface area contributed by atoms with Gasteiger partial charge in [0.15, 0.2) is 0 Å². The number of fused-ring (bicyclic) bond motifs is 3. The third-order valence-electron chi connectivity index (χ3n) is 9.84. The van der Waals surface area contributed by atoms with E-state index in [0.717, 1.165) is 37.7 Å². The van der Waals surface area contributed by atoms with Crippen LogP contribution in [0.1, 0.15) is 83.7 Å². The third-order valence-corrected chi connectivity index (χ3v) is 9.84. The van der Waals surface area contributed by atoms with Crippen LogP contribution >= 0.6 is 0 Å². The lowest BCUT2D eigenvalue weighted by Gasteiger charge is -2.44. The first-order valence-electron chi connectivity index (χ1n) is 15.6. The number of amides is 3. The van der Waals surface area contributed by atoms with E-state index >= 15 is 0 Å². The van der Waals surface area contributed by atoms with Crippen LogP contribution in [0, 0.1) is 29.0 Å². The topological polar surface area (TPSA) is 106 Å². The van der Waals surface area contributed by atoms with E-state index < -0.39 is 29.8 Å². The highest BCUT2D eigenvalue weighted by Crippen LogP contribution is 2.48. The quantitative estimate of drug-likeness (QED) is 0.521. The molecule has 0 spiro atoms. The van der Waals surface area contributed by atoms with Crippen molar-refractivity contribution in [1.82, 2.24) is 20.0 Å². The van der Waals surface area contributed by atoms with Crippen molar-refractivity contribution in [1.29, 1.82) is 5.26 Å². The minimum absolute atomic E-state index is 0.0248. The summed E-state index contributed by atoms with van der Waals surface area (Å²) in [5, 5.41) is 12.5. The second kappa shape index (κ2) is 11.1. The Balaban J connectivity index is 1.21. The normalized spacial score (nSPS) is 30.5. The highest BCUT2D eigenvalue weighted by molar-refractivity contribution is 5.89. The number of nitrogens with zero attached hydrogens (tertiary/aromatic N) is 4. The van der Waals surface area contributed by atoms with E-state index in [4.69, 9.17) is 4.74 Å². The molecule has 2 saturated carbocycles. The second-order valence-electron chi connectivity index (χ2n) is 13.9. The van der Waals surface area contributed by atoms with Gasteiger partial charge in [0.25, 0.3) is 0 Å². The number of rotatable bonds is 7. The number of carbonyl (C=O) groups is 3. The molecule has 2 aliphatic carbocycles. The Kier molecular flexibility index (Phi) is 7.67. The van der Waals surface area contributed by atoms with E-state index in [0.29, 0.717) is 31.2 Å². The zero-order chi connectivity index (χ0) is 29.8. The van der Waals surface area contributed by atoms with Crippen LogP contribution in [0.2, 0.25) is 0 Å². The maximum absolute atomic E-state index is 14.0. The average Bonchev–Trinajstić information content (AvgIpc) is 3.27. The summed E-state index contributed by atoms with van der Waals surface area (Å²) < 4.78 is 19.3. The van der Waals surface area contributed by atoms with E-state index in [1.807, 2.05) is 21.9 Å². The Bertz CT molecular complexity index is 1250. The predicted octanol–water partition coefficient (Wildman–Crippen LogP) is 4.14. The van der Waals surface area contributed by atoms with Crippen molar-refractivity contribution in [3.63, 3.8) is 0 Å². The van der Waals surface area contributed by atoms with Crippen LogP contribution in [0.15, 0.2) is 24.3 Å². The molecule has 4 unspecified atom stereocenters. The summed E-state index contributed by atoms with van der Waals surface area (Å²) in [6, 6.07) is 6.96. The zero-order valence-electron chi connectivity index (χ0n) is 24.8. The molecule has 226 valence electrons. The average molecular weight is 580 g/mol. The molecule has 3 amide bonds. The van der Waals surface area contributed by atoms with Crippen molar-refractivity contribution < 1.29 is 23.5 Å². The fourth-order valence-corrected chi connectivity index (χ4v) is 7.96. The lowest BCUT2D eigenvalue weighted by atomic mass is 9.80. The van der Waals surface area contributed by atoms with E-state index in [1.165, 1.54) is 18.6 Å². The fourth-order valence-electron chi connectivity index (χ4n) is 7.96. The molecule has 5 fully saturated rings. The first-order chi connectivity index (χ1) is 20.0. The summed E-state index contributed by atoms with van der Waals surface area (Å²) in [5.74, 6) is 0.142. The number of likely N-dealkylation sites (tertiary alicyclic amines) is 3. The molecular weight excluding hydrogens is 537 g/mol. The van der Waals surface area contributed by atoms with Gasteiger partial charge in [0.2, 0.25) is 11.8 Å². The summed E-state index contributed by atoms with van der Waals surface area (Å²) in [6.07, 6.45) is 7.07. The van der Waals surface area contributed by atoms with Gasteiger partial charge in [0.05, 0.1) is 18.2 Å². The van der Waals surface area contributed by atoms with Crippen LogP contribution in [0.5, 0.6) is 0 Å². The van der Waals surface area contributed by atoms with Crippen LogP contribution in [-0.4, -0.2) is 81.5 Å². The van der Waals surface area contributed by atoms with Gasteiger partial charge >= 0.3 is 6.09 Å². The summed E-state index contributed by atoms with van der Waals surface area (Å²) in [6.45, 7) is 6.06. The van der Waals surface area contributed by atoms with Crippen molar-refractivity contribution in [3.8, 4) is 6.07 Å². The van der Waals surface area contributed by atoms with Crippen LogP contribution < -0.4 is 5.32 Å². The number of hydrogen-bond acceptors (Lipinski definition) is 6. The standard InChI is InChI=1S/C32H42FN5O4/c1-32(2,3)42-31(41)35-25(29(39)37-23(16-34)13-21-14-26(21)37)18-36-17-24-15-27(36)30(40)38(24)28(19-7-5-4-6-8-19)20-9-11-22(33)12-10-20/h9-12,19,21,23-28H,4-8,13-15,17-18H2,1-3H3,(H,35,41)/t21-,23?,24+,25?,26+,27?,28?/m1/s1. The molecule has 1 aromatic carbocycles. The van der Waals surface area contributed by atoms with Crippen molar-refractivity contribution in [2.75, 3.05) is 13.1 Å². The van der Waals surface area contributed by atoms with Gasteiger partial charge in [-0.3, -0.25) is 14.5 Å². The molecule has 0 aromatic heterocycles. The zero-order valence-corrected chi connectivity index (χ0v) is 24.8. The number of benzene rings is 1. The molecule has 3 saturated heterocycles. The van der Waals surface area contributed by atoms with E-state index in [2.05, 4.69) is 11.4 Å². The highest BCUT2D eigenvalue weighted by atomic mass is 19.1. The van der Waals surface area contributed by atoms with E-state index in [1.54, 1.807) is 25.7 Å². The molecule has 5 aliphatic rings. The molecular formula is C32H42FN5O4. The fraction of sp³-hybridized carbons (Fsp3) is 0.688. The van der Waals surface area contributed by atoms with Crippen molar-refractivity contribution in [2.45, 2.75) is 114 Å². The van der Waals surface area contributed by atoms with Crippen LogP contribution in [0.25, 0.3) is 0 Å². The lowest BCUT2D eigenvalue weighted by molar-refractivity contribution is -0.143. The van der Waals surface area contributed by atoms with Gasteiger partial charge < -0.3 is 19.9 Å². The van der Waals surface area contributed by atoms with Crippen LogP contribution in [0.4, 0.5) is 9.18 Å². The highest BCUT2D eigenvalue weighted by Gasteiger charge is 2.57. The lowest BCUT2D eigenvalue weighted by Crippen LogP contribution is -2.59. The summed E-state index contributed by atoms with van der Waals surface area (Å²) in [5.41, 5.74) is 0.241. The van der Waals surface area contributed by atoms with Crippen LogP contribution in [-0.2, 0) is 14.3 Å². The minimum atomic E-state index is -0.929.